The highest BCUT2D eigenvalue weighted by Gasteiger charge is 2.30. The highest BCUT2D eigenvalue weighted by atomic mass is 16.3. The van der Waals surface area contributed by atoms with E-state index in [0.29, 0.717) is 30.5 Å². The number of aromatic nitrogens is 2. The lowest BCUT2D eigenvalue weighted by molar-refractivity contribution is 0.0702. The monoisotopic (exact) mass is 366 g/mol. The van der Waals surface area contributed by atoms with Gasteiger partial charge in [0.2, 0.25) is 0 Å². The van der Waals surface area contributed by atoms with Gasteiger partial charge in [0.15, 0.2) is 0 Å². The van der Waals surface area contributed by atoms with Crippen LogP contribution >= 0.6 is 0 Å². The lowest BCUT2D eigenvalue weighted by Gasteiger charge is -2.33. The van der Waals surface area contributed by atoms with Crippen LogP contribution in [0.15, 0.2) is 41.0 Å². The molecule has 6 heteroatoms. The summed E-state index contributed by atoms with van der Waals surface area (Å²) < 4.78 is 7.66. The van der Waals surface area contributed by atoms with Gasteiger partial charge < -0.3 is 19.6 Å². The van der Waals surface area contributed by atoms with E-state index in [1.165, 1.54) is 6.26 Å². The molecule has 1 aliphatic rings. The maximum atomic E-state index is 12.9. The summed E-state index contributed by atoms with van der Waals surface area (Å²) in [6.07, 6.45) is 3.52. The summed E-state index contributed by atoms with van der Waals surface area (Å²) in [7, 11) is 0. The number of hydrogen-bond donors (Lipinski definition) is 1. The molecule has 142 valence electrons. The third-order valence-corrected chi connectivity index (χ3v) is 5.32. The molecule has 1 atom stereocenters. The zero-order valence-corrected chi connectivity index (χ0v) is 15.9. The van der Waals surface area contributed by atoms with Gasteiger partial charge in [-0.25, -0.2) is 4.98 Å². The summed E-state index contributed by atoms with van der Waals surface area (Å²) >= 11 is 0. The van der Waals surface area contributed by atoms with Crippen LogP contribution in [0.25, 0.3) is 11.0 Å². The molecule has 1 aromatic carbocycles. The van der Waals surface area contributed by atoms with E-state index in [1.54, 1.807) is 6.07 Å². The molecule has 1 fully saturated rings. The van der Waals surface area contributed by atoms with Gasteiger partial charge in [-0.1, -0.05) is 12.1 Å². The average molecular weight is 366 g/mol. The average Bonchev–Trinajstić information content (AvgIpc) is 3.32. The van der Waals surface area contributed by atoms with E-state index in [9.17, 15) is 4.79 Å². The van der Waals surface area contributed by atoms with E-state index in [4.69, 9.17) is 15.1 Å². The summed E-state index contributed by atoms with van der Waals surface area (Å²) in [4.78, 5) is 19.7. The summed E-state index contributed by atoms with van der Waals surface area (Å²) in [5, 5.41) is 0. The van der Waals surface area contributed by atoms with Crippen molar-refractivity contribution in [2.45, 2.75) is 45.2 Å². The molecule has 0 radical (unpaired) electrons. The minimum Gasteiger partial charge on any atom is -0.467 e. The normalized spacial score (nSPS) is 17.8. The Morgan fingerprint density at radius 2 is 2.19 bits per heavy atom. The second-order valence-corrected chi connectivity index (χ2v) is 7.52. The fraction of sp³-hybridized carbons (Fsp3) is 0.429. The summed E-state index contributed by atoms with van der Waals surface area (Å²) in [6, 6.07) is 10.3. The number of nitrogens with two attached hydrogens (primary N) is 1. The van der Waals surface area contributed by atoms with Crippen molar-refractivity contribution in [2.24, 2.45) is 5.73 Å². The van der Waals surface area contributed by atoms with Crippen molar-refractivity contribution in [3.8, 4) is 0 Å². The van der Waals surface area contributed by atoms with Gasteiger partial charge in [0.05, 0.1) is 23.1 Å². The number of rotatable bonds is 4. The van der Waals surface area contributed by atoms with Crippen LogP contribution in [-0.2, 0) is 6.54 Å². The van der Waals surface area contributed by atoms with Gasteiger partial charge >= 0.3 is 0 Å². The number of piperidine rings is 1. The summed E-state index contributed by atoms with van der Waals surface area (Å²) in [6.45, 7) is 6.11. The topological polar surface area (TPSA) is 77.3 Å². The van der Waals surface area contributed by atoms with Gasteiger partial charge in [-0.05, 0) is 44.9 Å². The molecule has 4 rings (SSSR count). The highest BCUT2D eigenvalue weighted by Crippen LogP contribution is 2.32. The maximum Gasteiger partial charge on any atom is 0.257 e. The third-order valence-electron chi connectivity index (χ3n) is 5.32. The molecule has 6 nitrogen and oxygen atoms in total. The van der Waals surface area contributed by atoms with Crippen molar-refractivity contribution in [2.75, 3.05) is 13.1 Å². The van der Waals surface area contributed by atoms with E-state index < -0.39 is 0 Å². The van der Waals surface area contributed by atoms with Gasteiger partial charge in [-0.2, -0.15) is 0 Å². The molecule has 0 saturated carbocycles. The lowest BCUT2D eigenvalue weighted by Crippen LogP contribution is -2.39. The van der Waals surface area contributed by atoms with E-state index in [0.717, 1.165) is 36.2 Å². The second kappa shape index (κ2) is 7.19. The molecule has 1 amide bonds. The SMILES string of the molecule is CC(C)n1c(C2CCCN(C(=O)c3coc(CN)c3)C2)nc2ccccc21. The van der Waals surface area contributed by atoms with Crippen molar-refractivity contribution < 1.29 is 9.21 Å². The molecule has 1 unspecified atom stereocenters. The van der Waals surface area contributed by atoms with E-state index in [2.05, 4.69) is 36.6 Å². The van der Waals surface area contributed by atoms with Crippen LogP contribution in [0, 0.1) is 0 Å². The number of likely N-dealkylation sites (tertiary alicyclic amines) is 1. The Labute approximate surface area is 159 Å². The molecule has 1 aliphatic heterocycles. The fourth-order valence-corrected chi connectivity index (χ4v) is 4.05. The predicted octanol–water partition coefficient (Wildman–Crippen LogP) is 3.69. The number of amides is 1. The van der Waals surface area contributed by atoms with Gasteiger partial charge in [0, 0.05) is 25.0 Å². The number of imidazole rings is 1. The molecule has 3 heterocycles. The number of hydrogen-bond acceptors (Lipinski definition) is 4. The fourth-order valence-electron chi connectivity index (χ4n) is 4.05. The van der Waals surface area contributed by atoms with E-state index in [1.807, 2.05) is 11.0 Å². The molecule has 27 heavy (non-hydrogen) atoms. The number of nitrogens with zero attached hydrogens (tertiary/aromatic N) is 3. The minimum atomic E-state index is 0.00959. The Morgan fingerprint density at radius 3 is 2.93 bits per heavy atom. The Morgan fingerprint density at radius 1 is 1.37 bits per heavy atom. The Kier molecular flexibility index (Phi) is 4.74. The van der Waals surface area contributed by atoms with Crippen LogP contribution in [0.1, 0.15) is 60.6 Å². The first kappa shape index (κ1) is 17.8. The van der Waals surface area contributed by atoms with Gasteiger partial charge in [-0.15, -0.1) is 0 Å². The molecule has 0 bridgehead atoms. The predicted molar refractivity (Wildman–Crippen MR) is 105 cm³/mol. The van der Waals surface area contributed by atoms with Crippen molar-refractivity contribution >= 4 is 16.9 Å². The largest absolute Gasteiger partial charge is 0.467 e. The smallest absolute Gasteiger partial charge is 0.257 e. The first-order chi connectivity index (χ1) is 13.1. The third kappa shape index (κ3) is 3.25. The van der Waals surface area contributed by atoms with Crippen LogP contribution in [0.3, 0.4) is 0 Å². The number of para-hydroxylation sites is 2. The van der Waals surface area contributed by atoms with Crippen molar-refractivity contribution in [3.63, 3.8) is 0 Å². The molecule has 3 aromatic rings. The molecule has 0 aliphatic carbocycles. The van der Waals surface area contributed by atoms with Crippen molar-refractivity contribution in [3.05, 3.63) is 53.7 Å². The quantitative estimate of drug-likeness (QED) is 0.764. The number of benzene rings is 1. The zero-order chi connectivity index (χ0) is 19.0. The maximum absolute atomic E-state index is 12.9. The first-order valence-electron chi connectivity index (χ1n) is 9.62. The molecule has 2 aromatic heterocycles. The number of furan rings is 1. The van der Waals surface area contributed by atoms with Crippen molar-refractivity contribution in [1.29, 1.82) is 0 Å². The Bertz CT molecular complexity index is 956. The lowest BCUT2D eigenvalue weighted by atomic mass is 9.96. The number of carbonyl (C=O) groups excluding carboxylic acids is 1. The van der Waals surface area contributed by atoms with Gasteiger partial charge in [0.25, 0.3) is 5.91 Å². The second-order valence-electron chi connectivity index (χ2n) is 7.52. The number of fused-ring (bicyclic) bond motifs is 1. The van der Waals surface area contributed by atoms with Gasteiger partial charge in [0.1, 0.15) is 17.8 Å². The number of carbonyl (C=O) groups is 1. The first-order valence-corrected chi connectivity index (χ1v) is 9.62. The molecule has 0 spiro atoms. The Balaban J connectivity index is 1.62. The van der Waals surface area contributed by atoms with Crippen LogP contribution in [-0.4, -0.2) is 33.4 Å². The summed E-state index contributed by atoms with van der Waals surface area (Å²) in [5.41, 5.74) is 8.35. The van der Waals surface area contributed by atoms with Crippen LogP contribution in [0.4, 0.5) is 0 Å². The van der Waals surface area contributed by atoms with Crippen LogP contribution in [0.2, 0.25) is 0 Å². The van der Waals surface area contributed by atoms with Crippen LogP contribution in [0.5, 0.6) is 0 Å². The van der Waals surface area contributed by atoms with E-state index in [-0.39, 0.29) is 11.8 Å². The summed E-state index contributed by atoms with van der Waals surface area (Å²) in [5.74, 6) is 1.96. The molecule has 2 N–H and O–H groups in total. The van der Waals surface area contributed by atoms with Gasteiger partial charge in [-0.3, -0.25) is 4.79 Å². The molecular weight excluding hydrogens is 340 g/mol. The van der Waals surface area contributed by atoms with E-state index >= 15 is 0 Å². The minimum absolute atomic E-state index is 0.00959. The Hall–Kier alpha value is -2.60. The zero-order valence-electron chi connectivity index (χ0n) is 15.9. The van der Waals surface area contributed by atoms with Crippen molar-refractivity contribution in [1.82, 2.24) is 14.5 Å². The highest BCUT2D eigenvalue weighted by molar-refractivity contribution is 5.94. The molecular formula is C21H26N4O2. The standard InChI is InChI=1S/C21H26N4O2/c1-14(2)25-19-8-4-3-7-18(19)23-20(25)15-6-5-9-24(12-15)21(26)16-10-17(11-22)27-13-16/h3-4,7-8,10,13-15H,5-6,9,11-12,22H2,1-2H3. The molecule has 1 saturated heterocycles. The van der Waals surface area contributed by atoms with Crippen LogP contribution < -0.4 is 5.73 Å².